The SMILES string of the molecule is CCC1(C)C=CC(C)=NC(C)=C1. The summed E-state index contributed by atoms with van der Waals surface area (Å²) in [6, 6.07) is 0. The quantitative estimate of drug-likeness (QED) is 0.562. The molecule has 0 aromatic rings. The fourth-order valence-electron chi connectivity index (χ4n) is 1.40. The lowest BCUT2D eigenvalue weighted by molar-refractivity contribution is 0.527. The van der Waals surface area contributed by atoms with Gasteiger partial charge in [0.15, 0.2) is 0 Å². The highest BCUT2D eigenvalue weighted by Crippen LogP contribution is 2.28. The van der Waals surface area contributed by atoms with Gasteiger partial charge in [-0.2, -0.15) is 0 Å². The van der Waals surface area contributed by atoms with Gasteiger partial charge in [0.1, 0.15) is 0 Å². The second-order valence-electron chi connectivity index (χ2n) is 3.73. The molecule has 0 aromatic heterocycles. The molecule has 1 aliphatic heterocycles. The van der Waals surface area contributed by atoms with Crippen LogP contribution >= 0.6 is 0 Å². The maximum absolute atomic E-state index is 4.41. The Morgan fingerprint density at radius 1 is 1.42 bits per heavy atom. The summed E-state index contributed by atoms with van der Waals surface area (Å²) in [5.41, 5.74) is 2.42. The number of allylic oxidation sites excluding steroid dienone is 4. The average molecular weight is 163 g/mol. The maximum atomic E-state index is 4.41. The predicted octanol–water partition coefficient (Wildman–Crippen LogP) is 3.34. The van der Waals surface area contributed by atoms with Crippen molar-refractivity contribution in [3.8, 4) is 0 Å². The Bertz CT molecular complexity index is 258. The molecule has 1 nitrogen and oxygen atoms in total. The minimum atomic E-state index is 0.200. The Labute approximate surface area is 74.9 Å². The van der Waals surface area contributed by atoms with Crippen molar-refractivity contribution < 1.29 is 0 Å². The highest BCUT2D eigenvalue weighted by molar-refractivity contribution is 5.93. The Morgan fingerprint density at radius 2 is 2.08 bits per heavy atom. The lowest BCUT2D eigenvalue weighted by atomic mass is 9.86. The monoisotopic (exact) mass is 163 g/mol. The molecule has 0 fully saturated rings. The first-order valence-electron chi connectivity index (χ1n) is 4.50. The van der Waals surface area contributed by atoms with Crippen LogP contribution in [0.5, 0.6) is 0 Å². The Hall–Kier alpha value is -0.850. The van der Waals surface area contributed by atoms with Crippen molar-refractivity contribution >= 4 is 5.71 Å². The van der Waals surface area contributed by atoms with Crippen molar-refractivity contribution in [2.45, 2.75) is 34.1 Å². The van der Waals surface area contributed by atoms with Crippen LogP contribution in [0, 0.1) is 5.41 Å². The van der Waals surface area contributed by atoms with E-state index in [2.05, 4.69) is 44.0 Å². The molecule has 12 heavy (non-hydrogen) atoms. The van der Waals surface area contributed by atoms with Crippen LogP contribution < -0.4 is 0 Å². The number of nitrogens with zero attached hydrogens (tertiary/aromatic N) is 1. The molecule has 1 aliphatic rings. The van der Waals surface area contributed by atoms with Gasteiger partial charge in [-0.1, -0.05) is 26.0 Å². The molecule has 0 aliphatic carbocycles. The molecule has 1 heterocycles. The van der Waals surface area contributed by atoms with Gasteiger partial charge in [0.05, 0.1) is 0 Å². The first-order chi connectivity index (χ1) is 5.56. The Morgan fingerprint density at radius 3 is 2.67 bits per heavy atom. The van der Waals surface area contributed by atoms with E-state index in [1.165, 1.54) is 0 Å². The molecule has 0 aromatic carbocycles. The summed E-state index contributed by atoms with van der Waals surface area (Å²) in [6.07, 6.45) is 7.71. The van der Waals surface area contributed by atoms with Crippen molar-refractivity contribution in [2.75, 3.05) is 0 Å². The van der Waals surface area contributed by atoms with Gasteiger partial charge in [-0.3, -0.25) is 4.99 Å². The summed E-state index contributed by atoms with van der Waals surface area (Å²) >= 11 is 0. The van der Waals surface area contributed by atoms with Crippen molar-refractivity contribution in [3.63, 3.8) is 0 Å². The molecular formula is C11H17N. The van der Waals surface area contributed by atoms with Crippen molar-refractivity contribution in [1.82, 2.24) is 0 Å². The van der Waals surface area contributed by atoms with Gasteiger partial charge in [0.2, 0.25) is 0 Å². The molecule has 0 spiro atoms. The van der Waals surface area contributed by atoms with Gasteiger partial charge in [-0.05, 0) is 26.3 Å². The van der Waals surface area contributed by atoms with Crippen LogP contribution in [0.2, 0.25) is 0 Å². The highest BCUT2D eigenvalue weighted by atomic mass is 14.7. The van der Waals surface area contributed by atoms with Crippen LogP contribution in [0.25, 0.3) is 0 Å². The third-order valence-corrected chi connectivity index (χ3v) is 2.36. The van der Waals surface area contributed by atoms with E-state index in [9.17, 15) is 0 Å². The van der Waals surface area contributed by atoms with E-state index in [1.807, 2.05) is 6.92 Å². The zero-order valence-electron chi connectivity index (χ0n) is 8.39. The van der Waals surface area contributed by atoms with Gasteiger partial charge >= 0.3 is 0 Å². The molecule has 1 heteroatoms. The fourth-order valence-corrected chi connectivity index (χ4v) is 1.40. The molecule has 0 amide bonds. The molecule has 1 unspecified atom stereocenters. The zero-order chi connectivity index (χ0) is 9.19. The minimum Gasteiger partial charge on any atom is -0.259 e. The average Bonchev–Trinajstić information content (AvgIpc) is 2.11. The van der Waals surface area contributed by atoms with E-state index in [-0.39, 0.29) is 5.41 Å². The van der Waals surface area contributed by atoms with E-state index in [0.29, 0.717) is 0 Å². The van der Waals surface area contributed by atoms with Crippen LogP contribution in [0.3, 0.4) is 0 Å². The van der Waals surface area contributed by atoms with Gasteiger partial charge in [-0.25, -0.2) is 0 Å². The molecule has 0 N–H and O–H groups in total. The van der Waals surface area contributed by atoms with E-state index in [1.54, 1.807) is 0 Å². The summed E-state index contributed by atoms with van der Waals surface area (Å²) in [6.45, 7) is 8.54. The summed E-state index contributed by atoms with van der Waals surface area (Å²) in [5, 5.41) is 0. The number of hydrogen-bond donors (Lipinski definition) is 0. The standard InChI is InChI=1S/C11H17N/c1-5-11(4)7-6-9(2)12-10(3)8-11/h6-8H,5H2,1-4H3. The van der Waals surface area contributed by atoms with E-state index in [4.69, 9.17) is 0 Å². The molecule has 1 atom stereocenters. The van der Waals surface area contributed by atoms with Crippen LogP contribution in [-0.4, -0.2) is 5.71 Å². The normalized spacial score (nSPS) is 29.3. The second kappa shape index (κ2) is 3.26. The fraction of sp³-hybridized carbons (Fsp3) is 0.545. The minimum absolute atomic E-state index is 0.200. The topological polar surface area (TPSA) is 12.4 Å². The lowest BCUT2D eigenvalue weighted by Crippen LogP contribution is -2.07. The summed E-state index contributed by atoms with van der Waals surface area (Å²) in [5.74, 6) is 0. The molecule has 0 saturated heterocycles. The maximum Gasteiger partial charge on any atom is 0.0372 e. The van der Waals surface area contributed by atoms with E-state index < -0.39 is 0 Å². The molecule has 0 saturated carbocycles. The molecule has 66 valence electrons. The van der Waals surface area contributed by atoms with Crippen molar-refractivity contribution in [3.05, 3.63) is 23.9 Å². The van der Waals surface area contributed by atoms with E-state index >= 15 is 0 Å². The second-order valence-corrected chi connectivity index (χ2v) is 3.73. The van der Waals surface area contributed by atoms with Gasteiger partial charge in [0, 0.05) is 16.8 Å². The van der Waals surface area contributed by atoms with Crippen LogP contribution in [-0.2, 0) is 0 Å². The van der Waals surface area contributed by atoms with Crippen LogP contribution in [0.1, 0.15) is 34.1 Å². The number of hydrogen-bond acceptors (Lipinski definition) is 1. The molecule has 0 bridgehead atoms. The summed E-state index contributed by atoms with van der Waals surface area (Å²) < 4.78 is 0. The third kappa shape index (κ3) is 2.07. The number of rotatable bonds is 1. The van der Waals surface area contributed by atoms with Crippen molar-refractivity contribution in [1.29, 1.82) is 0 Å². The highest BCUT2D eigenvalue weighted by Gasteiger charge is 2.16. The first kappa shape index (κ1) is 9.24. The third-order valence-electron chi connectivity index (χ3n) is 2.36. The summed E-state index contributed by atoms with van der Waals surface area (Å²) in [7, 11) is 0. The molecule has 0 radical (unpaired) electrons. The largest absolute Gasteiger partial charge is 0.259 e. The Balaban J connectivity index is 3.01. The van der Waals surface area contributed by atoms with Crippen LogP contribution in [0.4, 0.5) is 0 Å². The van der Waals surface area contributed by atoms with E-state index in [0.717, 1.165) is 17.8 Å². The van der Waals surface area contributed by atoms with Gasteiger partial charge < -0.3 is 0 Å². The molecule has 1 rings (SSSR count). The number of aliphatic imine (C=N–C) groups is 1. The van der Waals surface area contributed by atoms with Crippen molar-refractivity contribution in [2.24, 2.45) is 10.4 Å². The Kier molecular flexibility index (Phi) is 2.51. The molecular weight excluding hydrogens is 146 g/mol. The van der Waals surface area contributed by atoms with Crippen LogP contribution in [0.15, 0.2) is 28.9 Å². The van der Waals surface area contributed by atoms with Gasteiger partial charge in [0.25, 0.3) is 0 Å². The predicted molar refractivity (Wildman–Crippen MR) is 54.4 cm³/mol. The lowest BCUT2D eigenvalue weighted by Gasteiger charge is -2.18. The summed E-state index contributed by atoms with van der Waals surface area (Å²) in [4.78, 5) is 4.41. The van der Waals surface area contributed by atoms with Gasteiger partial charge in [-0.15, -0.1) is 0 Å². The first-order valence-corrected chi connectivity index (χ1v) is 4.50. The smallest absolute Gasteiger partial charge is 0.0372 e. The zero-order valence-corrected chi connectivity index (χ0v) is 8.39.